The fourth-order valence-electron chi connectivity index (χ4n) is 3.48. The molecule has 0 radical (unpaired) electrons. The van der Waals surface area contributed by atoms with Gasteiger partial charge >= 0.3 is 6.18 Å². The number of alkyl halides is 3. The zero-order chi connectivity index (χ0) is 24.9. The van der Waals surface area contributed by atoms with Gasteiger partial charge < -0.3 is 15.1 Å². The van der Waals surface area contributed by atoms with Crippen molar-refractivity contribution < 1.29 is 27.6 Å². The van der Waals surface area contributed by atoms with Gasteiger partial charge in [0.05, 0.1) is 28.4 Å². The third-order valence-electron chi connectivity index (χ3n) is 5.21. The van der Waals surface area contributed by atoms with E-state index >= 15 is 0 Å². The lowest BCUT2D eigenvalue weighted by molar-refractivity contribution is -0.137. The van der Waals surface area contributed by atoms with Gasteiger partial charge in [-0.25, -0.2) is 0 Å². The molecule has 0 bridgehead atoms. The maximum Gasteiger partial charge on any atom is 0.417 e. The number of anilines is 1. The standard InChI is InChI=1S/C23H23ClF3N3O3S/c1-29(13-20(31)28-15-8-9-18(24)17(12-15)23(25,26)27)22(33)16-6-2-3-7-19(16)34-14-21(32)30-10-4-5-11-30/h2-3,6-9,12H,4-5,10-11,13-14H2,1H3,(H,28,31). The number of carbonyl (C=O) groups excluding carboxylic acids is 3. The molecule has 0 aliphatic carbocycles. The number of nitrogens with one attached hydrogen (secondary N) is 1. The molecule has 0 unspecified atom stereocenters. The Morgan fingerprint density at radius 3 is 2.47 bits per heavy atom. The Morgan fingerprint density at radius 1 is 1.12 bits per heavy atom. The van der Waals surface area contributed by atoms with Crippen LogP contribution in [0.15, 0.2) is 47.4 Å². The smallest absolute Gasteiger partial charge is 0.342 e. The summed E-state index contributed by atoms with van der Waals surface area (Å²) in [5.41, 5.74) is -0.812. The second-order valence-corrected chi connectivity index (χ2v) is 9.20. The molecule has 0 atom stereocenters. The highest BCUT2D eigenvalue weighted by Gasteiger charge is 2.33. The molecule has 6 nitrogen and oxygen atoms in total. The maximum atomic E-state index is 13.0. The topological polar surface area (TPSA) is 69.7 Å². The summed E-state index contributed by atoms with van der Waals surface area (Å²) in [5, 5.41) is 1.88. The predicted octanol–water partition coefficient (Wildman–Crippen LogP) is 4.78. The number of likely N-dealkylation sites (N-methyl/N-ethyl adjacent to an activating group) is 1. The number of benzene rings is 2. The van der Waals surface area contributed by atoms with Gasteiger partial charge in [-0.1, -0.05) is 23.7 Å². The summed E-state index contributed by atoms with van der Waals surface area (Å²) in [4.78, 5) is 41.2. The normalized spacial score (nSPS) is 13.6. The maximum absolute atomic E-state index is 13.0. The number of hydrogen-bond donors (Lipinski definition) is 1. The molecule has 1 saturated heterocycles. The quantitative estimate of drug-likeness (QED) is 0.541. The van der Waals surface area contributed by atoms with Crippen LogP contribution in [0.4, 0.5) is 18.9 Å². The molecule has 1 aliphatic heterocycles. The van der Waals surface area contributed by atoms with Crippen LogP contribution in [0.25, 0.3) is 0 Å². The molecule has 2 aromatic carbocycles. The van der Waals surface area contributed by atoms with Gasteiger partial charge in [-0.05, 0) is 43.2 Å². The summed E-state index contributed by atoms with van der Waals surface area (Å²) in [6.07, 6.45) is -2.68. The molecule has 1 N–H and O–H groups in total. The molecule has 0 spiro atoms. The fraction of sp³-hybridized carbons (Fsp3) is 0.348. The van der Waals surface area contributed by atoms with Gasteiger partial charge in [0.1, 0.15) is 0 Å². The number of likely N-dealkylation sites (tertiary alicyclic amines) is 1. The van der Waals surface area contributed by atoms with Gasteiger partial charge in [0, 0.05) is 30.7 Å². The average Bonchev–Trinajstić information content (AvgIpc) is 3.33. The van der Waals surface area contributed by atoms with Gasteiger partial charge in [0.15, 0.2) is 0 Å². The van der Waals surface area contributed by atoms with E-state index in [4.69, 9.17) is 11.6 Å². The minimum atomic E-state index is -4.66. The van der Waals surface area contributed by atoms with Crippen molar-refractivity contribution in [2.24, 2.45) is 0 Å². The van der Waals surface area contributed by atoms with Crippen molar-refractivity contribution >= 4 is 46.8 Å². The van der Waals surface area contributed by atoms with E-state index < -0.39 is 28.6 Å². The Labute approximate surface area is 204 Å². The van der Waals surface area contributed by atoms with E-state index in [0.717, 1.165) is 43.0 Å². The Bertz CT molecular complexity index is 1070. The second-order valence-electron chi connectivity index (χ2n) is 7.77. The van der Waals surface area contributed by atoms with E-state index in [1.807, 2.05) is 0 Å². The van der Waals surface area contributed by atoms with Crippen LogP contribution < -0.4 is 5.32 Å². The van der Waals surface area contributed by atoms with Crippen LogP contribution in [0.1, 0.15) is 28.8 Å². The van der Waals surface area contributed by atoms with Crippen molar-refractivity contribution in [2.75, 3.05) is 37.8 Å². The number of amides is 3. The lowest BCUT2D eigenvalue weighted by Gasteiger charge is -2.19. The van der Waals surface area contributed by atoms with Gasteiger partial charge in [-0.2, -0.15) is 13.2 Å². The predicted molar refractivity (Wildman–Crippen MR) is 125 cm³/mol. The first-order valence-electron chi connectivity index (χ1n) is 10.5. The number of hydrogen-bond acceptors (Lipinski definition) is 4. The average molecular weight is 514 g/mol. The molecule has 3 rings (SSSR count). The molecule has 1 heterocycles. The number of nitrogens with zero attached hydrogens (tertiary/aromatic N) is 2. The van der Waals surface area contributed by atoms with Crippen molar-refractivity contribution in [1.82, 2.24) is 9.80 Å². The first-order chi connectivity index (χ1) is 16.1. The lowest BCUT2D eigenvalue weighted by atomic mass is 10.2. The summed E-state index contributed by atoms with van der Waals surface area (Å²) in [5.74, 6) is -0.898. The molecule has 34 heavy (non-hydrogen) atoms. The van der Waals surface area contributed by atoms with Crippen LogP contribution in [0.3, 0.4) is 0 Å². The molecule has 1 fully saturated rings. The first kappa shape index (κ1) is 25.9. The SMILES string of the molecule is CN(CC(=O)Nc1ccc(Cl)c(C(F)(F)F)c1)C(=O)c1ccccc1SCC(=O)N1CCCC1. The fourth-order valence-corrected chi connectivity index (χ4v) is 4.65. The molecule has 3 amide bonds. The minimum absolute atomic E-state index is 0.0127. The van der Waals surface area contributed by atoms with Crippen molar-refractivity contribution in [3.63, 3.8) is 0 Å². The van der Waals surface area contributed by atoms with Crippen LogP contribution >= 0.6 is 23.4 Å². The van der Waals surface area contributed by atoms with Crippen LogP contribution in [-0.2, 0) is 15.8 Å². The highest BCUT2D eigenvalue weighted by molar-refractivity contribution is 8.00. The van der Waals surface area contributed by atoms with Crippen molar-refractivity contribution in [3.8, 4) is 0 Å². The molecular weight excluding hydrogens is 491 g/mol. The molecular formula is C23H23ClF3N3O3S. The van der Waals surface area contributed by atoms with Crippen LogP contribution in [0, 0.1) is 0 Å². The van der Waals surface area contributed by atoms with Gasteiger partial charge in [0.25, 0.3) is 5.91 Å². The lowest BCUT2D eigenvalue weighted by Crippen LogP contribution is -2.35. The second kappa shape index (κ2) is 11.1. The van der Waals surface area contributed by atoms with Crippen LogP contribution in [0.2, 0.25) is 5.02 Å². The summed E-state index contributed by atoms with van der Waals surface area (Å²) in [7, 11) is 1.42. The van der Waals surface area contributed by atoms with Crippen molar-refractivity contribution in [3.05, 3.63) is 58.6 Å². The molecule has 0 aromatic heterocycles. The zero-order valence-electron chi connectivity index (χ0n) is 18.3. The summed E-state index contributed by atoms with van der Waals surface area (Å²) in [6.45, 7) is 1.11. The van der Waals surface area contributed by atoms with Gasteiger partial charge in [-0.15, -0.1) is 11.8 Å². The third kappa shape index (κ3) is 6.66. The van der Waals surface area contributed by atoms with E-state index in [-0.39, 0.29) is 23.9 Å². The Hall–Kier alpha value is -2.72. The van der Waals surface area contributed by atoms with Crippen molar-refractivity contribution in [2.45, 2.75) is 23.9 Å². The van der Waals surface area contributed by atoms with Gasteiger partial charge in [0.2, 0.25) is 11.8 Å². The number of thioether (sulfide) groups is 1. The number of carbonyl (C=O) groups is 3. The van der Waals surface area contributed by atoms with E-state index in [9.17, 15) is 27.6 Å². The van der Waals surface area contributed by atoms with E-state index in [1.54, 1.807) is 29.2 Å². The van der Waals surface area contributed by atoms with Crippen LogP contribution in [-0.4, -0.2) is 60.0 Å². The third-order valence-corrected chi connectivity index (χ3v) is 6.60. The summed E-state index contributed by atoms with van der Waals surface area (Å²) < 4.78 is 39.1. The Kier molecular flexibility index (Phi) is 8.48. The molecule has 1 aliphatic rings. The molecule has 0 saturated carbocycles. The van der Waals surface area contributed by atoms with Crippen molar-refractivity contribution in [1.29, 1.82) is 0 Å². The molecule has 2 aromatic rings. The highest BCUT2D eigenvalue weighted by atomic mass is 35.5. The minimum Gasteiger partial charge on any atom is -0.342 e. The first-order valence-corrected chi connectivity index (χ1v) is 11.8. The summed E-state index contributed by atoms with van der Waals surface area (Å²) in [6, 6.07) is 9.81. The zero-order valence-corrected chi connectivity index (χ0v) is 19.9. The molecule has 11 heteroatoms. The number of rotatable bonds is 7. The monoisotopic (exact) mass is 513 g/mol. The Balaban J connectivity index is 1.62. The Morgan fingerprint density at radius 2 is 1.79 bits per heavy atom. The van der Waals surface area contributed by atoms with E-state index in [1.165, 1.54) is 24.9 Å². The van der Waals surface area contributed by atoms with Gasteiger partial charge in [-0.3, -0.25) is 14.4 Å². The number of halogens is 4. The van der Waals surface area contributed by atoms with E-state index in [2.05, 4.69) is 5.32 Å². The summed E-state index contributed by atoms with van der Waals surface area (Å²) >= 11 is 6.85. The largest absolute Gasteiger partial charge is 0.417 e. The highest BCUT2D eigenvalue weighted by Crippen LogP contribution is 2.36. The van der Waals surface area contributed by atoms with E-state index in [0.29, 0.717) is 10.5 Å². The molecule has 182 valence electrons. The van der Waals surface area contributed by atoms with Crippen LogP contribution in [0.5, 0.6) is 0 Å².